The molecule has 0 saturated heterocycles. The van der Waals surface area contributed by atoms with Crippen LogP contribution in [0, 0.1) is 11.3 Å². The third-order valence-electron chi connectivity index (χ3n) is 2.44. The molecule has 0 heterocycles. The second-order valence-electron chi connectivity index (χ2n) is 4.05. The van der Waals surface area contributed by atoms with Gasteiger partial charge < -0.3 is 10.1 Å². The number of hydrogen-bond acceptors (Lipinski definition) is 3. The van der Waals surface area contributed by atoms with E-state index in [0.29, 0.717) is 13.0 Å². The molecule has 0 atom stereocenters. The lowest BCUT2D eigenvalue weighted by atomic mass is 10.2. The van der Waals surface area contributed by atoms with Gasteiger partial charge in [-0.15, -0.1) is 0 Å². The summed E-state index contributed by atoms with van der Waals surface area (Å²) in [7, 11) is 0. The molecule has 98 valence electrons. The average molecular weight is 311 g/mol. The number of nitrogens with zero attached hydrogens (tertiary/aromatic N) is 1. The molecule has 4 heteroatoms. The SMILES string of the molecule is CCCNCc1ccc(OCCCC#N)c(Br)c1. The molecule has 0 amide bonds. The van der Waals surface area contributed by atoms with Gasteiger partial charge in [-0.3, -0.25) is 0 Å². The van der Waals surface area contributed by atoms with Crippen molar-refractivity contribution >= 4 is 15.9 Å². The Kier molecular flexibility index (Phi) is 7.47. The Balaban J connectivity index is 2.44. The van der Waals surface area contributed by atoms with Crippen LogP contribution in [0.25, 0.3) is 0 Å². The summed E-state index contributed by atoms with van der Waals surface area (Å²) < 4.78 is 6.57. The van der Waals surface area contributed by atoms with E-state index in [1.54, 1.807) is 0 Å². The Morgan fingerprint density at radius 2 is 2.28 bits per heavy atom. The number of hydrogen-bond donors (Lipinski definition) is 1. The second-order valence-corrected chi connectivity index (χ2v) is 4.91. The van der Waals surface area contributed by atoms with Crippen molar-refractivity contribution in [2.75, 3.05) is 13.2 Å². The van der Waals surface area contributed by atoms with Crippen LogP contribution in [0.15, 0.2) is 22.7 Å². The van der Waals surface area contributed by atoms with Crippen molar-refractivity contribution in [1.82, 2.24) is 5.32 Å². The van der Waals surface area contributed by atoms with E-state index in [-0.39, 0.29) is 0 Å². The van der Waals surface area contributed by atoms with Gasteiger partial charge in [0, 0.05) is 13.0 Å². The Labute approximate surface area is 117 Å². The highest BCUT2D eigenvalue weighted by Crippen LogP contribution is 2.26. The normalized spacial score (nSPS) is 10.1. The molecule has 0 unspecified atom stereocenters. The van der Waals surface area contributed by atoms with Gasteiger partial charge in [-0.1, -0.05) is 13.0 Å². The quantitative estimate of drug-likeness (QED) is 0.746. The van der Waals surface area contributed by atoms with Gasteiger partial charge in [0.05, 0.1) is 17.1 Å². The molecule has 0 bridgehead atoms. The summed E-state index contributed by atoms with van der Waals surface area (Å²) in [5.74, 6) is 0.840. The van der Waals surface area contributed by atoms with Gasteiger partial charge in [0.15, 0.2) is 0 Å². The molecule has 3 nitrogen and oxygen atoms in total. The fourth-order valence-corrected chi connectivity index (χ4v) is 2.05. The van der Waals surface area contributed by atoms with Crippen molar-refractivity contribution in [2.45, 2.75) is 32.7 Å². The first-order valence-electron chi connectivity index (χ1n) is 6.26. The van der Waals surface area contributed by atoms with E-state index in [1.165, 1.54) is 5.56 Å². The van der Waals surface area contributed by atoms with Gasteiger partial charge in [0.1, 0.15) is 5.75 Å². The molecule has 0 aliphatic heterocycles. The maximum atomic E-state index is 8.44. The van der Waals surface area contributed by atoms with Crippen LogP contribution in [-0.4, -0.2) is 13.2 Å². The van der Waals surface area contributed by atoms with E-state index in [9.17, 15) is 0 Å². The highest BCUT2D eigenvalue weighted by molar-refractivity contribution is 9.10. The monoisotopic (exact) mass is 310 g/mol. The Morgan fingerprint density at radius 3 is 2.94 bits per heavy atom. The van der Waals surface area contributed by atoms with Crippen molar-refractivity contribution < 1.29 is 4.74 Å². The number of benzene rings is 1. The molecular formula is C14H19BrN2O. The number of ether oxygens (including phenoxy) is 1. The third-order valence-corrected chi connectivity index (χ3v) is 3.06. The van der Waals surface area contributed by atoms with E-state index >= 15 is 0 Å². The maximum Gasteiger partial charge on any atom is 0.133 e. The third kappa shape index (κ3) is 5.52. The largest absolute Gasteiger partial charge is 0.492 e. The standard InChI is InChI=1S/C14H19BrN2O/c1-2-8-17-11-12-5-6-14(13(15)10-12)18-9-4-3-7-16/h5-6,10,17H,2-4,8-9,11H2,1H3. The molecule has 1 aromatic rings. The van der Waals surface area contributed by atoms with E-state index in [4.69, 9.17) is 10.00 Å². The molecule has 0 aromatic heterocycles. The van der Waals surface area contributed by atoms with Crippen LogP contribution in [-0.2, 0) is 6.54 Å². The smallest absolute Gasteiger partial charge is 0.133 e. The first kappa shape index (κ1) is 15.0. The average Bonchev–Trinajstić information content (AvgIpc) is 2.37. The Bertz CT molecular complexity index is 401. The van der Waals surface area contributed by atoms with E-state index in [1.807, 2.05) is 6.07 Å². The van der Waals surface area contributed by atoms with Gasteiger partial charge in [-0.2, -0.15) is 5.26 Å². The highest BCUT2D eigenvalue weighted by Gasteiger charge is 2.02. The lowest BCUT2D eigenvalue weighted by Crippen LogP contribution is -2.13. The minimum absolute atomic E-state index is 0.538. The topological polar surface area (TPSA) is 45.0 Å². The van der Waals surface area contributed by atoms with Gasteiger partial charge >= 0.3 is 0 Å². The first-order valence-corrected chi connectivity index (χ1v) is 7.06. The summed E-state index contributed by atoms with van der Waals surface area (Å²) in [6.45, 7) is 4.64. The fourth-order valence-electron chi connectivity index (χ4n) is 1.51. The fraction of sp³-hybridized carbons (Fsp3) is 0.500. The number of nitrogens with one attached hydrogen (secondary N) is 1. The van der Waals surface area contributed by atoms with Gasteiger partial charge in [0.2, 0.25) is 0 Å². The zero-order valence-corrected chi connectivity index (χ0v) is 12.3. The van der Waals surface area contributed by atoms with Gasteiger partial charge in [-0.05, 0) is 53.0 Å². The summed E-state index contributed by atoms with van der Waals surface area (Å²) >= 11 is 3.51. The van der Waals surface area contributed by atoms with Gasteiger partial charge in [-0.25, -0.2) is 0 Å². The van der Waals surface area contributed by atoms with Gasteiger partial charge in [0.25, 0.3) is 0 Å². The van der Waals surface area contributed by atoms with Crippen LogP contribution in [0.2, 0.25) is 0 Å². The molecule has 0 aliphatic rings. The lowest BCUT2D eigenvalue weighted by molar-refractivity contribution is 0.310. The zero-order chi connectivity index (χ0) is 13.2. The molecule has 1 N–H and O–H groups in total. The molecular weight excluding hydrogens is 292 g/mol. The van der Waals surface area contributed by atoms with Crippen LogP contribution in [0.4, 0.5) is 0 Å². The summed E-state index contributed by atoms with van der Waals surface area (Å²) in [6, 6.07) is 8.21. The van der Waals surface area contributed by atoms with Crippen molar-refractivity contribution in [2.24, 2.45) is 0 Å². The predicted molar refractivity (Wildman–Crippen MR) is 76.5 cm³/mol. The zero-order valence-electron chi connectivity index (χ0n) is 10.7. The number of halogens is 1. The molecule has 1 rings (SSSR count). The van der Waals surface area contributed by atoms with E-state index in [2.05, 4.69) is 46.4 Å². The van der Waals surface area contributed by atoms with Crippen LogP contribution in [0.3, 0.4) is 0 Å². The van der Waals surface area contributed by atoms with Crippen LogP contribution >= 0.6 is 15.9 Å². The highest BCUT2D eigenvalue weighted by atomic mass is 79.9. The summed E-state index contributed by atoms with van der Waals surface area (Å²) in [5.41, 5.74) is 1.24. The maximum absolute atomic E-state index is 8.44. The minimum atomic E-state index is 0.538. The van der Waals surface area contributed by atoms with Crippen molar-refractivity contribution in [1.29, 1.82) is 5.26 Å². The predicted octanol–water partition coefficient (Wildman–Crippen LogP) is 3.63. The molecule has 0 spiro atoms. The molecule has 0 fully saturated rings. The van der Waals surface area contributed by atoms with Crippen molar-refractivity contribution in [3.8, 4) is 11.8 Å². The first-order chi connectivity index (χ1) is 8.77. The number of unbranched alkanes of at least 4 members (excludes halogenated alkanes) is 1. The molecule has 1 aromatic carbocycles. The summed E-state index contributed by atoms with van der Waals surface area (Å²) in [6.07, 6.45) is 2.45. The Morgan fingerprint density at radius 1 is 1.44 bits per heavy atom. The summed E-state index contributed by atoms with van der Waals surface area (Å²) in [4.78, 5) is 0. The molecule has 0 radical (unpaired) electrons. The second kappa shape index (κ2) is 8.96. The van der Waals surface area contributed by atoms with Crippen LogP contribution in [0.1, 0.15) is 31.7 Å². The van der Waals surface area contributed by atoms with E-state index in [0.717, 1.165) is 36.2 Å². The van der Waals surface area contributed by atoms with Crippen molar-refractivity contribution in [3.05, 3.63) is 28.2 Å². The van der Waals surface area contributed by atoms with Crippen LogP contribution < -0.4 is 10.1 Å². The lowest BCUT2D eigenvalue weighted by Gasteiger charge is -2.09. The van der Waals surface area contributed by atoms with Crippen molar-refractivity contribution in [3.63, 3.8) is 0 Å². The Hall–Kier alpha value is -1.05. The molecule has 0 aliphatic carbocycles. The molecule has 0 saturated carbocycles. The molecule has 18 heavy (non-hydrogen) atoms. The number of rotatable bonds is 8. The number of nitriles is 1. The summed E-state index contributed by atoms with van der Waals surface area (Å²) in [5, 5.41) is 11.8. The minimum Gasteiger partial charge on any atom is -0.492 e. The van der Waals surface area contributed by atoms with E-state index < -0.39 is 0 Å². The van der Waals surface area contributed by atoms with Crippen LogP contribution in [0.5, 0.6) is 5.75 Å².